The first kappa shape index (κ1) is 21.5. The van der Waals surface area contributed by atoms with E-state index in [4.69, 9.17) is 0 Å². The molecule has 0 spiro atoms. The number of hydrogen-bond acceptors (Lipinski definition) is 4. The molecule has 2 fully saturated rings. The normalized spacial score (nSPS) is 18.6. The Bertz CT molecular complexity index is 932. The van der Waals surface area contributed by atoms with Crippen LogP contribution in [0.5, 0.6) is 0 Å². The van der Waals surface area contributed by atoms with Crippen LogP contribution in [0.2, 0.25) is 0 Å². The van der Waals surface area contributed by atoms with Crippen LogP contribution in [0.1, 0.15) is 92.8 Å². The highest BCUT2D eigenvalue weighted by Crippen LogP contribution is 2.38. The van der Waals surface area contributed by atoms with Gasteiger partial charge in [0.1, 0.15) is 11.9 Å². The lowest BCUT2D eigenvalue weighted by atomic mass is 9.86. The van der Waals surface area contributed by atoms with Crippen LogP contribution in [0.3, 0.4) is 0 Å². The molecule has 2 aromatic rings. The van der Waals surface area contributed by atoms with E-state index in [1.165, 1.54) is 18.4 Å². The number of amides is 2. The van der Waals surface area contributed by atoms with Crippen LogP contribution in [0.4, 0.5) is 0 Å². The molecular weight excluding hydrogens is 390 g/mol. The van der Waals surface area contributed by atoms with E-state index in [0.717, 1.165) is 24.5 Å². The second-order valence-electron chi connectivity index (χ2n) is 9.98. The van der Waals surface area contributed by atoms with Gasteiger partial charge in [0, 0.05) is 30.5 Å². The number of carbonyl (C=O) groups is 2. The lowest BCUT2D eigenvalue weighted by Crippen LogP contribution is -2.49. The lowest BCUT2D eigenvalue weighted by Gasteiger charge is -2.32. The molecular formula is C24H33N5O2. The number of hydrogen-bond donors (Lipinski definition) is 2. The molecule has 1 saturated heterocycles. The van der Waals surface area contributed by atoms with Gasteiger partial charge in [-0.15, -0.1) is 0 Å². The van der Waals surface area contributed by atoms with Gasteiger partial charge in [-0.25, -0.2) is 4.98 Å². The molecule has 7 nitrogen and oxygen atoms in total. The monoisotopic (exact) mass is 423 g/mol. The fourth-order valence-electron chi connectivity index (χ4n) is 4.11. The van der Waals surface area contributed by atoms with E-state index in [1.54, 1.807) is 6.92 Å². The third-order valence-electron chi connectivity index (χ3n) is 6.39. The number of likely N-dealkylation sites (tertiary alicyclic amines) is 1. The van der Waals surface area contributed by atoms with Crippen molar-refractivity contribution in [3.63, 3.8) is 0 Å². The number of nitrogens with zero attached hydrogens (tertiary/aromatic N) is 3. The zero-order chi connectivity index (χ0) is 22.2. The van der Waals surface area contributed by atoms with Gasteiger partial charge >= 0.3 is 0 Å². The molecule has 2 amide bonds. The molecule has 1 aromatic carbocycles. The largest absolute Gasteiger partial charge is 0.341 e. The van der Waals surface area contributed by atoms with Crippen molar-refractivity contribution in [3.05, 3.63) is 47.0 Å². The van der Waals surface area contributed by atoms with Crippen LogP contribution in [0, 0.1) is 0 Å². The van der Waals surface area contributed by atoms with Crippen LogP contribution in [-0.2, 0) is 10.2 Å². The van der Waals surface area contributed by atoms with Crippen molar-refractivity contribution in [2.24, 2.45) is 0 Å². The summed E-state index contributed by atoms with van der Waals surface area (Å²) < 4.78 is 0. The standard InChI is InChI=1S/C24H33N5O2/c1-15(25-22(30)18-7-9-19(10-8-18)24(2,3)4)23(31)29-13-11-17(12-14-29)21-26-20(27-28-21)16-5-6-16/h7-10,15-17H,5-6,11-14H2,1-4H3,(H,25,30)(H,26,27,28). The second kappa shape index (κ2) is 8.44. The van der Waals surface area contributed by atoms with Crippen LogP contribution >= 0.6 is 0 Å². The smallest absolute Gasteiger partial charge is 0.251 e. The molecule has 31 heavy (non-hydrogen) atoms. The maximum atomic E-state index is 12.9. The van der Waals surface area contributed by atoms with E-state index < -0.39 is 6.04 Å². The maximum Gasteiger partial charge on any atom is 0.251 e. The van der Waals surface area contributed by atoms with Crippen LogP contribution in [0.25, 0.3) is 0 Å². The summed E-state index contributed by atoms with van der Waals surface area (Å²) in [7, 11) is 0. The number of carbonyl (C=O) groups excluding carboxylic acids is 2. The Morgan fingerprint density at radius 2 is 1.71 bits per heavy atom. The molecule has 0 radical (unpaired) electrons. The molecule has 2 N–H and O–H groups in total. The average Bonchev–Trinajstić information content (AvgIpc) is 3.49. The van der Waals surface area contributed by atoms with Crippen LogP contribution in [-0.4, -0.2) is 51.0 Å². The number of benzene rings is 1. The van der Waals surface area contributed by atoms with E-state index in [1.807, 2.05) is 29.2 Å². The van der Waals surface area contributed by atoms with Gasteiger partial charge in [-0.1, -0.05) is 32.9 Å². The predicted molar refractivity (Wildman–Crippen MR) is 119 cm³/mol. The summed E-state index contributed by atoms with van der Waals surface area (Å²) in [5, 5.41) is 10.3. The zero-order valence-corrected chi connectivity index (χ0v) is 18.9. The van der Waals surface area contributed by atoms with Crippen molar-refractivity contribution >= 4 is 11.8 Å². The van der Waals surface area contributed by atoms with Crippen molar-refractivity contribution in [2.45, 2.75) is 76.7 Å². The third-order valence-corrected chi connectivity index (χ3v) is 6.39. The molecule has 2 heterocycles. The van der Waals surface area contributed by atoms with Gasteiger partial charge < -0.3 is 10.2 Å². The summed E-state index contributed by atoms with van der Waals surface area (Å²) in [5.74, 6) is 2.50. The number of nitrogens with one attached hydrogen (secondary N) is 2. The molecule has 4 rings (SSSR count). The Balaban J connectivity index is 1.28. The van der Waals surface area contributed by atoms with Gasteiger partial charge in [-0.2, -0.15) is 5.10 Å². The summed E-state index contributed by atoms with van der Waals surface area (Å²) >= 11 is 0. The Kier molecular flexibility index (Phi) is 5.86. The van der Waals surface area contributed by atoms with Crippen LogP contribution < -0.4 is 5.32 Å². The Morgan fingerprint density at radius 1 is 1.06 bits per heavy atom. The van der Waals surface area contributed by atoms with Crippen molar-refractivity contribution < 1.29 is 9.59 Å². The average molecular weight is 424 g/mol. The highest BCUT2D eigenvalue weighted by molar-refractivity contribution is 5.97. The van der Waals surface area contributed by atoms with E-state index >= 15 is 0 Å². The summed E-state index contributed by atoms with van der Waals surface area (Å²) in [5.41, 5.74) is 1.78. The topological polar surface area (TPSA) is 91.0 Å². The fourth-order valence-corrected chi connectivity index (χ4v) is 4.11. The van der Waals surface area contributed by atoms with Crippen molar-refractivity contribution in [1.82, 2.24) is 25.4 Å². The Morgan fingerprint density at radius 3 is 2.29 bits per heavy atom. The lowest BCUT2D eigenvalue weighted by molar-refractivity contribution is -0.133. The Labute approximate surface area is 184 Å². The molecule has 1 atom stereocenters. The molecule has 166 valence electrons. The van der Waals surface area contributed by atoms with Gasteiger partial charge in [-0.05, 0) is 55.7 Å². The van der Waals surface area contributed by atoms with Gasteiger partial charge in [0.05, 0.1) is 0 Å². The van der Waals surface area contributed by atoms with Gasteiger partial charge in [0.2, 0.25) is 5.91 Å². The summed E-state index contributed by atoms with van der Waals surface area (Å²) in [6.07, 6.45) is 4.10. The number of aromatic nitrogens is 3. The quantitative estimate of drug-likeness (QED) is 0.770. The molecule has 1 saturated carbocycles. The molecule has 0 bridgehead atoms. The predicted octanol–water partition coefficient (Wildman–Crippen LogP) is 3.50. The molecule has 1 unspecified atom stereocenters. The van der Waals surface area contributed by atoms with E-state index in [9.17, 15) is 9.59 Å². The molecule has 1 aliphatic carbocycles. The first-order chi connectivity index (χ1) is 14.7. The van der Waals surface area contributed by atoms with E-state index in [2.05, 4.69) is 41.3 Å². The van der Waals surface area contributed by atoms with E-state index in [-0.39, 0.29) is 17.2 Å². The first-order valence-corrected chi connectivity index (χ1v) is 11.3. The van der Waals surface area contributed by atoms with Crippen molar-refractivity contribution in [2.75, 3.05) is 13.1 Å². The van der Waals surface area contributed by atoms with Gasteiger partial charge in [0.15, 0.2) is 5.82 Å². The maximum absolute atomic E-state index is 12.9. The Hall–Kier alpha value is -2.70. The van der Waals surface area contributed by atoms with E-state index in [0.29, 0.717) is 30.5 Å². The third kappa shape index (κ3) is 4.97. The highest BCUT2D eigenvalue weighted by Gasteiger charge is 2.31. The SMILES string of the molecule is CC(NC(=O)c1ccc(C(C)(C)C)cc1)C(=O)N1CCC(c2nc(C3CC3)n[nH]2)CC1. The van der Waals surface area contributed by atoms with Crippen molar-refractivity contribution in [3.8, 4) is 0 Å². The highest BCUT2D eigenvalue weighted by atomic mass is 16.2. The minimum atomic E-state index is -0.557. The summed E-state index contributed by atoms with van der Waals surface area (Å²) in [6, 6.07) is 7.05. The first-order valence-electron chi connectivity index (χ1n) is 11.3. The molecule has 1 aliphatic heterocycles. The number of aromatic amines is 1. The molecule has 1 aromatic heterocycles. The van der Waals surface area contributed by atoms with Gasteiger partial charge in [-0.3, -0.25) is 14.7 Å². The summed E-state index contributed by atoms with van der Waals surface area (Å²) in [6.45, 7) is 9.52. The molecule has 2 aliphatic rings. The second-order valence-corrected chi connectivity index (χ2v) is 9.98. The van der Waals surface area contributed by atoms with Crippen molar-refractivity contribution in [1.29, 1.82) is 0 Å². The number of rotatable bonds is 5. The molecule has 7 heteroatoms. The summed E-state index contributed by atoms with van der Waals surface area (Å²) in [4.78, 5) is 32.0. The number of piperidine rings is 1. The zero-order valence-electron chi connectivity index (χ0n) is 18.9. The van der Waals surface area contributed by atoms with Gasteiger partial charge in [0.25, 0.3) is 5.91 Å². The minimum Gasteiger partial charge on any atom is -0.341 e. The fraction of sp³-hybridized carbons (Fsp3) is 0.583. The van der Waals surface area contributed by atoms with Crippen LogP contribution in [0.15, 0.2) is 24.3 Å². The number of H-pyrrole nitrogens is 1. The minimum absolute atomic E-state index is 0.0330.